The predicted molar refractivity (Wildman–Crippen MR) is 107 cm³/mol. The second-order valence-electron chi connectivity index (χ2n) is 6.83. The molecule has 150 valence electrons. The maximum Gasteiger partial charge on any atom is 0.260 e. The molecule has 1 N–H and O–H groups in total. The second-order valence-corrected chi connectivity index (χ2v) is 7.83. The van der Waals surface area contributed by atoms with Gasteiger partial charge in [0, 0.05) is 32.0 Å². The summed E-state index contributed by atoms with van der Waals surface area (Å²) in [5.41, 5.74) is 0.771. The summed E-state index contributed by atoms with van der Waals surface area (Å²) in [5, 5.41) is 3.06. The Morgan fingerprint density at radius 2 is 2.00 bits per heavy atom. The van der Waals surface area contributed by atoms with Crippen LogP contribution in [-0.4, -0.2) is 39.9 Å². The number of amides is 1. The molecule has 9 heteroatoms. The summed E-state index contributed by atoms with van der Waals surface area (Å²) in [7, 11) is 0. The summed E-state index contributed by atoms with van der Waals surface area (Å²) in [6.07, 6.45) is 6.61. The average Bonchev–Trinajstić information content (AvgIpc) is 3.39. The van der Waals surface area contributed by atoms with Crippen molar-refractivity contribution in [1.82, 2.24) is 15.0 Å². The van der Waals surface area contributed by atoms with Gasteiger partial charge in [-0.05, 0) is 37.8 Å². The van der Waals surface area contributed by atoms with Crippen LogP contribution in [-0.2, 0) is 4.74 Å². The van der Waals surface area contributed by atoms with Crippen molar-refractivity contribution in [3.63, 3.8) is 0 Å². The number of Topliss-reactive ketones (excluding diaryl/α,β-unsaturated/α-hetero) is 1. The van der Waals surface area contributed by atoms with Gasteiger partial charge < -0.3 is 9.15 Å². The van der Waals surface area contributed by atoms with Gasteiger partial charge in [0.25, 0.3) is 5.91 Å². The molecule has 0 saturated carbocycles. The van der Waals surface area contributed by atoms with E-state index in [1.54, 1.807) is 19.1 Å². The van der Waals surface area contributed by atoms with Gasteiger partial charge in [0.2, 0.25) is 0 Å². The lowest BCUT2D eigenvalue weighted by Crippen LogP contribution is -2.18. The van der Waals surface area contributed by atoms with Gasteiger partial charge in [-0.1, -0.05) is 11.3 Å². The first-order valence-electron chi connectivity index (χ1n) is 9.36. The zero-order valence-electron chi connectivity index (χ0n) is 15.9. The van der Waals surface area contributed by atoms with Crippen LogP contribution in [0, 0.1) is 12.8 Å². The van der Waals surface area contributed by atoms with Crippen molar-refractivity contribution < 1.29 is 18.7 Å². The molecular formula is C20H20N4O4S. The molecule has 1 aliphatic heterocycles. The summed E-state index contributed by atoms with van der Waals surface area (Å²) >= 11 is 1.16. The van der Waals surface area contributed by atoms with Crippen molar-refractivity contribution in [2.24, 2.45) is 5.92 Å². The van der Waals surface area contributed by atoms with E-state index in [1.165, 1.54) is 18.7 Å². The molecule has 29 heavy (non-hydrogen) atoms. The topological polar surface area (TPSA) is 107 Å². The smallest absolute Gasteiger partial charge is 0.260 e. The Bertz CT molecular complexity index is 992. The molecule has 0 spiro atoms. The van der Waals surface area contributed by atoms with Crippen molar-refractivity contribution >= 4 is 28.2 Å². The van der Waals surface area contributed by atoms with Crippen molar-refractivity contribution in [2.75, 3.05) is 18.5 Å². The quantitative estimate of drug-likeness (QED) is 0.614. The summed E-state index contributed by atoms with van der Waals surface area (Å²) in [6.45, 7) is 3.12. The summed E-state index contributed by atoms with van der Waals surface area (Å²) < 4.78 is 10.8. The van der Waals surface area contributed by atoms with E-state index in [0.717, 1.165) is 24.2 Å². The van der Waals surface area contributed by atoms with E-state index in [0.29, 0.717) is 58.4 Å². The number of carbonyl (C=O) groups excluding carboxylic acids is 2. The molecule has 1 saturated heterocycles. The highest BCUT2D eigenvalue weighted by Crippen LogP contribution is 2.34. The Kier molecular flexibility index (Phi) is 5.77. The lowest BCUT2D eigenvalue weighted by atomic mass is 9.93. The minimum atomic E-state index is -0.381. The lowest BCUT2D eigenvalue weighted by Gasteiger charge is -2.20. The van der Waals surface area contributed by atoms with Crippen LogP contribution in [0.25, 0.3) is 11.5 Å². The molecule has 0 bridgehead atoms. The lowest BCUT2D eigenvalue weighted by molar-refractivity contribution is 0.0602. The molecule has 3 aromatic heterocycles. The summed E-state index contributed by atoms with van der Waals surface area (Å²) in [6, 6.07) is 3.49. The fraction of sp³-hybridized carbons (Fsp3) is 0.350. The van der Waals surface area contributed by atoms with Crippen LogP contribution >= 0.6 is 11.3 Å². The third kappa shape index (κ3) is 4.57. The fourth-order valence-electron chi connectivity index (χ4n) is 3.13. The predicted octanol–water partition coefficient (Wildman–Crippen LogP) is 3.75. The molecule has 8 nitrogen and oxygen atoms in total. The Balaban J connectivity index is 1.57. The fourth-order valence-corrected chi connectivity index (χ4v) is 4.04. The van der Waals surface area contributed by atoms with E-state index < -0.39 is 0 Å². The van der Waals surface area contributed by atoms with Crippen molar-refractivity contribution in [1.29, 1.82) is 0 Å². The number of ether oxygens (including phenoxy) is 1. The third-order valence-corrected chi connectivity index (χ3v) is 5.73. The van der Waals surface area contributed by atoms with Crippen LogP contribution in [0.5, 0.6) is 0 Å². The molecule has 0 unspecified atom stereocenters. The van der Waals surface area contributed by atoms with Gasteiger partial charge >= 0.3 is 0 Å². The van der Waals surface area contributed by atoms with Crippen LogP contribution in [0.4, 0.5) is 5.13 Å². The minimum absolute atomic E-state index is 0.0000294. The van der Waals surface area contributed by atoms with Crippen LogP contribution < -0.4 is 5.32 Å². The van der Waals surface area contributed by atoms with Gasteiger partial charge in [-0.3, -0.25) is 14.9 Å². The highest BCUT2D eigenvalue weighted by atomic mass is 32.1. The number of nitrogens with one attached hydrogen (secondary N) is 1. The number of anilines is 1. The minimum Gasteiger partial charge on any atom is -0.463 e. The Labute approximate surface area is 171 Å². The highest BCUT2D eigenvalue weighted by molar-refractivity contribution is 7.18. The molecule has 0 radical (unpaired) electrons. The molecular weight excluding hydrogens is 392 g/mol. The first kappa shape index (κ1) is 19.4. The van der Waals surface area contributed by atoms with E-state index in [1.807, 2.05) is 0 Å². The third-order valence-electron chi connectivity index (χ3n) is 4.71. The van der Waals surface area contributed by atoms with E-state index in [-0.39, 0.29) is 11.7 Å². The zero-order valence-corrected chi connectivity index (χ0v) is 16.7. The molecule has 0 atom stereocenters. The van der Waals surface area contributed by atoms with Crippen LogP contribution in [0.1, 0.15) is 45.1 Å². The SMILES string of the molecule is Cc1ncc(C(=O)Nc2nc(-c3ccco3)c(C(=O)CC3CCOCC3)s2)cn1. The van der Waals surface area contributed by atoms with E-state index in [4.69, 9.17) is 9.15 Å². The average molecular weight is 412 g/mol. The molecule has 0 aliphatic carbocycles. The highest BCUT2D eigenvalue weighted by Gasteiger charge is 2.25. The number of nitrogens with zero attached hydrogens (tertiary/aromatic N) is 3. The first-order valence-corrected chi connectivity index (χ1v) is 10.2. The molecule has 3 aromatic rings. The number of rotatable bonds is 6. The van der Waals surface area contributed by atoms with Crippen LogP contribution in [0.3, 0.4) is 0 Å². The van der Waals surface area contributed by atoms with Gasteiger partial charge in [0.05, 0.1) is 11.8 Å². The molecule has 4 rings (SSSR count). The van der Waals surface area contributed by atoms with E-state index in [9.17, 15) is 9.59 Å². The summed E-state index contributed by atoms with van der Waals surface area (Å²) in [4.78, 5) is 38.5. The van der Waals surface area contributed by atoms with Crippen molar-refractivity contribution in [3.05, 3.63) is 47.1 Å². The van der Waals surface area contributed by atoms with E-state index in [2.05, 4.69) is 20.3 Å². The van der Waals surface area contributed by atoms with Crippen LogP contribution in [0.15, 0.2) is 35.2 Å². The first-order chi connectivity index (χ1) is 14.1. The summed E-state index contributed by atoms with van der Waals surface area (Å²) in [5.74, 6) is 0.992. The number of aromatic nitrogens is 3. The number of thiazole rings is 1. The van der Waals surface area contributed by atoms with Gasteiger partial charge in [0.1, 0.15) is 16.4 Å². The number of furan rings is 1. The van der Waals surface area contributed by atoms with Gasteiger partial charge in [-0.2, -0.15) is 0 Å². The van der Waals surface area contributed by atoms with Gasteiger partial charge in [-0.15, -0.1) is 0 Å². The van der Waals surface area contributed by atoms with Crippen molar-refractivity contribution in [3.8, 4) is 11.5 Å². The number of carbonyl (C=O) groups is 2. The van der Waals surface area contributed by atoms with Crippen molar-refractivity contribution in [2.45, 2.75) is 26.2 Å². The Morgan fingerprint density at radius 3 is 2.69 bits per heavy atom. The monoisotopic (exact) mass is 412 g/mol. The number of ketones is 1. The van der Waals surface area contributed by atoms with Gasteiger partial charge in [0.15, 0.2) is 16.7 Å². The number of hydrogen-bond donors (Lipinski definition) is 1. The number of aryl methyl sites for hydroxylation is 1. The largest absolute Gasteiger partial charge is 0.463 e. The van der Waals surface area contributed by atoms with E-state index >= 15 is 0 Å². The second kappa shape index (κ2) is 8.62. The molecule has 1 fully saturated rings. The van der Waals surface area contributed by atoms with Gasteiger partial charge in [-0.25, -0.2) is 15.0 Å². The number of hydrogen-bond acceptors (Lipinski definition) is 8. The standard InChI is InChI=1S/C20H20N4O4S/c1-12-21-10-14(11-22-12)19(26)24-20-23-17(16-3-2-6-28-16)18(29-20)15(25)9-13-4-7-27-8-5-13/h2-3,6,10-11,13H,4-5,7-9H2,1H3,(H,23,24,26). The normalized spacial score (nSPS) is 14.7. The maximum absolute atomic E-state index is 13.0. The van der Waals surface area contributed by atoms with Crippen LogP contribution in [0.2, 0.25) is 0 Å². The Hall–Kier alpha value is -2.91. The zero-order chi connectivity index (χ0) is 20.2. The Morgan fingerprint density at radius 1 is 1.24 bits per heavy atom. The maximum atomic E-state index is 13.0. The molecule has 1 aliphatic rings. The molecule has 0 aromatic carbocycles. The molecule has 4 heterocycles. The molecule has 1 amide bonds.